The fraction of sp³-hybridized carbons (Fsp3) is 0.324. The molecule has 0 radical (unpaired) electrons. The van der Waals surface area contributed by atoms with E-state index in [0.29, 0.717) is 29.4 Å². The molecule has 8 heteroatoms. The SMILES string of the molecule is CCCCCOc1ccc([C@@H]2[C@@H]3C(=O)C[C@@H](c4ccc(F)cc4)C=C3Nc3ccccc3N2C(=O)CCC(=O)O)cc1. The Kier molecular flexibility index (Phi) is 9.00. The molecule has 218 valence electrons. The van der Waals surface area contributed by atoms with Crippen LogP contribution >= 0.6 is 0 Å². The van der Waals surface area contributed by atoms with Gasteiger partial charge in [-0.2, -0.15) is 0 Å². The Morgan fingerprint density at radius 3 is 2.40 bits per heavy atom. The zero-order chi connectivity index (χ0) is 29.6. The van der Waals surface area contributed by atoms with E-state index < -0.39 is 17.9 Å². The van der Waals surface area contributed by atoms with Crippen LogP contribution < -0.4 is 15.0 Å². The second-order valence-electron chi connectivity index (χ2n) is 10.8. The molecule has 1 heterocycles. The number of Topliss-reactive ketones (excluding diaryl/α,β-unsaturated/α-hetero) is 1. The Morgan fingerprint density at radius 2 is 1.69 bits per heavy atom. The van der Waals surface area contributed by atoms with Crippen LogP contribution in [0.4, 0.5) is 15.8 Å². The second-order valence-corrected chi connectivity index (χ2v) is 10.8. The van der Waals surface area contributed by atoms with Gasteiger partial charge in [-0.1, -0.05) is 62.2 Å². The van der Waals surface area contributed by atoms with E-state index in [1.165, 1.54) is 12.1 Å². The van der Waals surface area contributed by atoms with Crippen molar-refractivity contribution in [2.24, 2.45) is 5.92 Å². The molecule has 1 aliphatic carbocycles. The van der Waals surface area contributed by atoms with Crippen molar-refractivity contribution in [1.82, 2.24) is 0 Å². The van der Waals surface area contributed by atoms with Crippen LogP contribution in [0.1, 0.15) is 68.5 Å². The maximum atomic E-state index is 14.1. The molecular formula is C34H35FN2O5. The number of amides is 1. The third kappa shape index (κ3) is 6.38. The number of carboxylic acid groups (broad SMARTS) is 1. The standard InChI is InChI=1S/C34H35FN2O5/c1-2-3-6-19-42-26-15-11-23(12-16-26)34-33-28(20-24(21-30(33)38)22-9-13-25(35)14-10-22)36-27-7-4-5-8-29(27)37(34)31(39)17-18-32(40)41/h4-5,7-16,20,24,33-34,36H,2-3,6,17-19,21H2,1H3,(H,40,41)/t24-,33-,34+/m0/s1. The van der Waals surface area contributed by atoms with Crippen LogP contribution in [0.5, 0.6) is 5.75 Å². The van der Waals surface area contributed by atoms with E-state index in [9.17, 15) is 23.9 Å². The van der Waals surface area contributed by atoms with Crippen LogP contribution in [0.2, 0.25) is 0 Å². The zero-order valence-corrected chi connectivity index (χ0v) is 23.6. The van der Waals surface area contributed by atoms with Gasteiger partial charge in [0.1, 0.15) is 17.3 Å². The summed E-state index contributed by atoms with van der Waals surface area (Å²) in [5.74, 6) is -2.15. The minimum Gasteiger partial charge on any atom is -0.494 e. The van der Waals surface area contributed by atoms with Gasteiger partial charge in [0, 0.05) is 24.5 Å². The normalized spacial score (nSPS) is 19.6. The molecule has 3 atom stereocenters. The fourth-order valence-electron chi connectivity index (χ4n) is 5.80. The van der Waals surface area contributed by atoms with Crippen molar-refractivity contribution in [2.45, 2.75) is 57.4 Å². The number of unbranched alkanes of at least 4 members (excludes halogenated alkanes) is 2. The first-order chi connectivity index (χ1) is 20.4. The van der Waals surface area contributed by atoms with Crippen LogP contribution in [-0.2, 0) is 14.4 Å². The third-order valence-corrected chi connectivity index (χ3v) is 7.88. The van der Waals surface area contributed by atoms with Gasteiger partial charge in [0.25, 0.3) is 0 Å². The second kappa shape index (κ2) is 13.0. The highest BCUT2D eigenvalue weighted by Crippen LogP contribution is 2.48. The van der Waals surface area contributed by atoms with Crippen LogP contribution in [0.15, 0.2) is 84.6 Å². The smallest absolute Gasteiger partial charge is 0.303 e. The molecule has 2 aliphatic rings. The van der Waals surface area contributed by atoms with Crippen LogP contribution in [-0.4, -0.2) is 29.4 Å². The number of allylic oxidation sites excluding steroid dienone is 1. The van der Waals surface area contributed by atoms with E-state index in [2.05, 4.69) is 12.2 Å². The molecule has 1 aliphatic heterocycles. The van der Waals surface area contributed by atoms with Gasteiger partial charge in [0.2, 0.25) is 5.91 Å². The molecule has 42 heavy (non-hydrogen) atoms. The Morgan fingerprint density at radius 1 is 0.976 bits per heavy atom. The van der Waals surface area contributed by atoms with Gasteiger partial charge in [-0.25, -0.2) is 4.39 Å². The van der Waals surface area contributed by atoms with E-state index >= 15 is 0 Å². The predicted molar refractivity (Wildman–Crippen MR) is 159 cm³/mol. The number of ketones is 1. The average molecular weight is 571 g/mol. The molecule has 7 nitrogen and oxygen atoms in total. The number of nitrogens with one attached hydrogen (secondary N) is 1. The lowest BCUT2D eigenvalue weighted by Gasteiger charge is -2.37. The molecule has 0 saturated heterocycles. The quantitative estimate of drug-likeness (QED) is 0.255. The first-order valence-electron chi connectivity index (χ1n) is 14.5. The molecule has 2 N–H and O–H groups in total. The van der Waals surface area contributed by atoms with Gasteiger partial charge in [-0.05, 0) is 53.9 Å². The van der Waals surface area contributed by atoms with Gasteiger partial charge >= 0.3 is 5.97 Å². The monoisotopic (exact) mass is 570 g/mol. The van der Waals surface area contributed by atoms with Crippen molar-refractivity contribution >= 4 is 29.0 Å². The van der Waals surface area contributed by atoms with Crippen molar-refractivity contribution < 1.29 is 28.6 Å². The number of para-hydroxylation sites is 2. The van der Waals surface area contributed by atoms with E-state index in [0.717, 1.165) is 30.4 Å². The van der Waals surface area contributed by atoms with Crippen molar-refractivity contribution in [3.63, 3.8) is 0 Å². The minimum absolute atomic E-state index is 0.0666. The Balaban J connectivity index is 1.59. The largest absolute Gasteiger partial charge is 0.494 e. The van der Waals surface area contributed by atoms with Crippen molar-refractivity contribution in [3.8, 4) is 5.75 Å². The molecule has 0 bridgehead atoms. The molecule has 3 aromatic rings. The molecule has 0 fully saturated rings. The number of nitrogens with zero attached hydrogens (tertiary/aromatic N) is 1. The van der Waals surface area contributed by atoms with Crippen molar-refractivity contribution in [3.05, 3.63) is 102 Å². The highest BCUT2D eigenvalue weighted by atomic mass is 19.1. The van der Waals surface area contributed by atoms with Gasteiger partial charge in [-0.3, -0.25) is 14.4 Å². The number of halogens is 1. The van der Waals surface area contributed by atoms with Gasteiger partial charge in [0.15, 0.2) is 0 Å². The molecule has 0 aromatic heterocycles. The highest BCUT2D eigenvalue weighted by molar-refractivity contribution is 6.02. The number of fused-ring (bicyclic) bond motifs is 2. The van der Waals surface area contributed by atoms with Crippen molar-refractivity contribution in [1.29, 1.82) is 0 Å². The number of aliphatic carboxylic acids is 1. The zero-order valence-electron chi connectivity index (χ0n) is 23.6. The summed E-state index contributed by atoms with van der Waals surface area (Å²) in [6.07, 6.45) is 4.78. The van der Waals surface area contributed by atoms with E-state index in [1.54, 1.807) is 23.1 Å². The lowest BCUT2D eigenvalue weighted by atomic mass is 9.76. The van der Waals surface area contributed by atoms with E-state index in [1.807, 2.05) is 48.5 Å². The summed E-state index contributed by atoms with van der Waals surface area (Å²) in [4.78, 5) is 40.9. The summed E-state index contributed by atoms with van der Waals surface area (Å²) in [5.41, 5.74) is 3.43. The number of rotatable bonds is 10. The number of carboxylic acids is 1. The first-order valence-corrected chi connectivity index (χ1v) is 14.5. The first kappa shape index (κ1) is 29.0. The minimum atomic E-state index is -1.07. The Bertz CT molecular complexity index is 1470. The Labute approximate surface area is 245 Å². The molecular weight excluding hydrogens is 535 g/mol. The number of anilines is 2. The summed E-state index contributed by atoms with van der Waals surface area (Å²) in [6, 6.07) is 20.2. The van der Waals surface area contributed by atoms with Gasteiger partial charge < -0.3 is 20.1 Å². The van der Waals surface area contributed by atoms with E-state index in [-0.39, 0.29) is 42.7 Å². The number of hydrogen-bond acceptors (Lipinski definition) is 5. The molecule has 1 amide bonds. The van der Waals surface area contributed by atoms with Crippen LogP contribution in [0.25, 0.3) is 0 Å². The number of ether oxygens (including phenoxy) is 1. The molecule has 0 unspecified atom stereocenters. The maximum Gasteiger partial charge on any atom is 0.303 e. The maximum absolute atomic E-state index is 14.1. The lowest BCUT2D eigenvalue weighted by Crippen LogP contribution is -2.42. The lowest BCUT2D eigenvalue weighted by molar-refractivity contribution is -0.138. The third-order valence-electron chi connectivity index (χ3n) is 7.88. The topological polar surface area (TPSA) is 95.9 Å². The average Bonchev–Trinajstić information content (AvgIpc) is 3.13. The summed E-state index contributed by atoms with van der Waals surface area (Å²) >= 11 is 0. The highest BCUT2D eigenvalue weighted by Gasteiger charge is 2.45. The molecule has 3 aromatic carbocycles. The van der Waals surface area contributed by atoms with Crippen molar-refractivity contribution in [2.75, 3.05) is 16.8 Å². The van der Waals surface area contributed by atoms with Crippen LogP contribution in [0, 0.1) is 11.7 Å². The number of carbonyl (C=O) groups excluding carboxylic acids is 2. The molecule has 0 saturated carbocycles. The molecule has 0 spiro atoms. The van der Waals surface area contributed by atoms with Crippen LogP contribution in [0.3, 0.4) is 0 Å². The number of hydrogen-bond donors (Lipinski definition) is 2. The summed E-state index contributed by atoms with van der Waals surface area (Å²) in [7, 11) is 0. The summed E-state index contributed by atoms with van der Waals surface area (Å²) < 4.78 is 19.5. The fourth-order valence-corrected chi connectivity index (χ4v) is 5.80. The Hall–Kier alpha value is -4.46. The summed E-state index contributed by atoms with van der Waals surface area (Å²) in [6.45, 7) is 2.74. The number of benzene rings is 3. The predicted octanol–water partition coefficient (Wildman–Crippen LogP) is 7.02. The summed E-state index contributed by atoms with van der Waals surface area (Å²) in [5, 5.41) is 12.8. The van der Waals surface area contributed by atoms with Gasteiger partial charge in [0.05, 0.1) is 36.4 Å². The van der Waals surface area contributed by atoms with E-state index in [4.69, 9.17) is 4.74 Å². The molecule has 5 rings (SSSR count). The number of carbonyl (C=O) groups is 3. The van der Waals surface area contributed by atoms with Gasteiger partial charge in [-0.15, -0.1) is 0 Å².